The lowest BCUT2D eigenvalue weighted by Gasteiger charge is -2.33. The molecule has 1 fully saturated rings. The van der Waals surface area contributed by atoms with E-state index in [2.05, 4.69) is 57.3 Å². The van der Waals surface area contributed by atoms with Crippen LogP contribution in [0.25, 0.3) is 0 Å². The van der Waals surface area contributed by atoms with Gasteiger partial charge in [0.15, 0.2) is 0 Å². The fraction of sp³-hybridized carbons (Fsp3) is 0.647. The van der Waals surface area contributed by atoms with Crippen molar-refractivity contribution < 1.29 is 0 Å². The molecule has 0 radical (unpaired) electrons. The highest BCUT2D eigenvalue weighted by molar-refractivity contribution is 5.46. The van der Waals surface area contributed by atoms with Crippen molar-refractivity contribution in [1.29, 1.82) is 0 Å². The van der Waals surface area contributed by atoms with Crippen LogP contribution in [0.4, 0.5) is 5.69 Å². The maximum absolute atomic E-state index is 6.02. The van der Waals surface area contributed by atoms with Gasteiger partial charge in [0, 0.05) is 17.8 Å². The molecule has 0 spiro atoms. The Balaban J connectivity index is 2.00. The maximum Gasteiger partial charge on any atom is 0.0342 e. The van der Waals surface area contributed by atoms with Gasteiger partial charge in [-0.15, -0.1) is 0 Å². The van der Waals surface area contributed by atoms with Gasteiger partial charge in [-0.25, -0.2) is 0 Å². The van der Waals surface area contributed by atoms with Crippen molar-refractivity contribution in [2.45, 2.75) is 64.5 Å². The Morgan fingerprint density at radius 3 is 2.26 bits per heavy atom. The molecule has 1 aromatic carbocycles. The van der Waals surface area contributed by atoms with Gasteiger partial charge in [-0.1, -0.05) is 39.8 Å². The van der Waals surface area contributed by atoms with Crippen LogP contribution in [0.5, 0.6) is 0 Å². The van der Waals surface area contributed by atoms with Crippen LogP contribution in [0.3, 0.4) is 0 Å². The number of benzene rings is 1. The van der Waals surface area contributed by atoms with E-state index in [1.54, 1.807) is 0 Å². The first-order chi connectivity index (χ1) is 8.86. The second-order valence-electron chi connectivity index (χ2n) is 7.13. The number of nitrogens with one attached hydrogen (secondary N) is 1. The van der Waals surface area contributed by atoms with Crippen LogP contribution in [0.2, 0.25) is 0 Å². The number of rotatable bonds is 2. The average molecular weight is 260 g/mol. The van der Waals surface area contributed by atoms with Gasteiger partial charge >= 0.3 is 0 Å². The summed E-state index contributed by atoms with van der Waals surface area (Å²) in [6.45, 7) is 9.06. The molecule has 1 aliphatic rings. The van der Waals surface area contributed by atoms with Gasteiger partial charge in [0.05, 0.1) is 0 Å². The Labute approximate surface area is 117 Å². The molecule has 2 rings (SSSR count). The van der Waals surface area contributed by atoms with Crippen LogP contribution >= 0.6 is 0 Å². The fourth-order valence-electron chi connectivity index (χ4n) is 2.93. The minimum absolute atomic E-state index is 0.226. The van der Waals surface area contributed by atoms with Gasteiger partial charge in [-0.3, -0.25) is 0 Å². The highest BCUT2D eigenvalue weighted by Gasteiger charge is 2.25. The zero-order valence-corrected chi connectivity index (χ0v) is 12.7. The van der Waals surface area contributed by atoms with Gasteiger partial charge in [0.2, 0.25) is 0 Å². The number of nitrogens with two attached hydrogens (primary N) is 1. The summed E-state index contributed by atoms with van der Waals surface area (Å²) in [6.07, 6.45) is 3.46. The van der Waals surface area contributed by atoms with Crippen molar-refractivity contribution in [1.82, 2.24) is 0 Å². The third-order valence-electron chi connectivity index (χ3n) is 4.31. The standard InChI is InChI=1S/C17H28N2/c1-12-11-14(18)7-10-16(12)19-15-8-5-13(6-9-15)17(2,3)4/h5-6,8-9,12,14,16,19H,7,10-11,18H2,1-4H3. The monoisotopic (exact) mass is 260 g/mol. The summed E-state index contributed by atoms with van der Waals surface area (Å²) in [6, 6.07) is 9.86. The van der Waals surface area contributed by atoms with E-state index in [9.17, 15) is 0 Å². The Bertz CT molecular complexity index is 402. The molecule has 3 unspecified atom stereocenters. The van der Waals surface area contributed by atoms with Crippen LogP contribution in [0, 0.1) is 5.92 Å². The summed E-state index contributed by atoms with van der Waals surface area (Å²) >= 11 is 0. The molecule has 1 aliphatic carbocycles. The fourth-order valence-corrected chi connectivity index (χ4v) is 2.93. The molecule has 0 saturated heterocycles. The first-order valence-electron chi connectivity index (χ1n) is 7.49. The molecule has 0 aliphatic heterocycles. The summed E-state index contributed by atoms with van der Waals surface area (Å²) in [4.78, 5) is 0. The number of hydrogen-bond acceptors (Lipinski definition) is 2. The molecule has 1 aromatic rings. The summed E-state index contributed by atoms with van der Waals surface area (Å²) in [7, 11) is 0. The van der Waals surface area contributed by atoms with E-state index in [1.807, 2.05) is 0 Å². The smallest absolute Gasteiger partial charge is 0.0342 e. The van der Waals surface area contributed by atoms with E-state index in [0.29, 0.717) is 18.0 Å². The normalized spacial score (nSPS) is 28.2. The average Bonchev–Trinajstić information content (AvgIpc) is 2.32. The molecule has 1 saturated carbocycles. The van der Waals surface area contributed by atoms with Crippen LogP contribution in [-0.2, 0) is 5.41 Å². The first kappa shape index (κ1) is 14.4. The molecule has 3 atom stereocenters. The molecule has 2 nitrogen and oxygen atoms in total. The molecule has 0 heterocycles. The molecular weight excluding hydrogens is 232 g/mol. The molecule has 19 heavy (non-hydrogen) atoms. The topological polar surface area (TPSA) is 38.0 Å². The van der Waals surface area contributed by atoms with Crippen molar-refractivity contribution in [3.63, 3.8) is 0 Å². The van der Waals surface area contributed by atoms with E-state index < -0.39 is 0 Å². The van der Waals surface area contributed by atoms with Crippen LogP contribution < -0.4 is 11.1 Å². The van der Waals surface area contributed by atoms with E-state index in [4.69, 9.17) is 5.73 Å². The largest absolute Gasteiger partial charge is 0.382 e. The van der Waals surface area contributed by atoms with Crippen LogP contribution in [-0.4, -0.2) is 12.1 Å². The molecule has 3 N–H and O–H groups in total. The summed E-state index contributed by atoms with van der Waals surface area (Å²) in [5.41, 5.74) is 8.87. The van der Waals surface area contributed by atoms with E-state index in [0.717, 1.165) is 12.8 Å². The highest BCUT2D eigenvalue weighted by Crippen LogP contribution is 2.28. The van der Waals surface area contributed by atoms with E-state index in [1.165, 1.54) is 17.7 Å². The molecule has 106 valence electrons. The van der Waals surface area contributed by atoms with Crippen LogP contribution in [0.15, 0.2) is 24.3 Å². The SMILES string of the molecule is CC1CC(N)CCC1Nc1ccc(C(C)(C)C)cc1. The molecule has 0 aromatic heterocycles. The highest BCUT2D eigenvalue weighted by atomic mass is 14.9. The Kier molecular flexibility index (Phi) is 4.19. The lowest BCUT2D eigenvalue weighted by molar-refractivity contribution is 0.315. The van der Waals surface area contributed by atoms with Crippen molar-refractivity contribution in [3.05, 3.63) is 29.8 Å². The minimum Gasteiger partial charge on any atom is -0.382 e. The molecular formula is C17H28N2. The minimum atomic E-state index is 0.226. The lowest BCUT2D eigenvalue weighted by atomic mass is 9.83. The molecule has 2 heteroatoms. The zero-order valence-electron chi connectivity index (χ0n) is 12.7. The number of anilines is 1. The second kappa shape index (κ2) is 5.54. The second-order valence-corrected chi connectivity index (χ2v) is 7.13. The summed E-state index contributed by atoms with van der Waals surface area (Å²) < 4.78 is 0. The third-order valence-corrected chi connectivity index (χ3v) is 4.31. The van der Waals surface area contributed by atoms with E-state index >= 15 is 0 Å². The molecule has 0 amide bonds. The molecule has 0 bridgehead atoms. The van der Waals surface area contributed by atoms with Crippen molar-refractivity contribution >= 4 is 5.69 Å². The lowest BCUT2D eigenvalue weighted by Crippen LogP contribution is -2.39. The predicted molar refractivity (Wildman–Crippen MR) is 83.5 cm³/mol. The Morgan fingerprint density at radius 2 is 1.74 bits per heavy atom. The Hall–Kier alpha value is -1.02. The van der Waals surface area contributed by atoms with Gasteiger partial charge in [0.25, 0.3) is 0 Å². The summed E-state index contributed by atoms with van der Waals surface area (Å²) in [5.74, 6) is 0.658. The predicted octanol–water partition coefficient (Wildman–Crippen LogP) is 3.91. The zero-order chi connectivity index (χ0) is 14.0. The van der Waals surface area contributed by atoms with E-state index in [-0.39, 0.29) is 5.41 Å². The Morgan fingerprint density at radius 1 is 1.11 bits per heavy atom. The maximum atomic E-state index is 6.02. The van der Waals surface area contributed by atoms with Gasteiger partial charge in [-0.05, 0) is 48.3 Å². The van der Waals surface area contributed by atoms with Crippen LogP contribution in [0.1, 0.15) is 52.5 Å². The third kappa shape index (κ3) is 3.73. The van der Waals surface area contributed by atoms with Crippen molar-refractivity contribution in [2.24, 2.45) is 11.7 Å². The first-order valence-corrected chi connectivity index (χ1v) is 7.49. The summed E-state index contributed by atoms with van der Waals surface area (Å²) in [5, 5.41) is 3.67. The van der Waals surface area contributed by atoms with Crippen molar-refractivity contribution in [3.8, 4) is 0 Å². The van der Waals surface area contributed by atoms with Gasteiger partial charge in [-0.2, -0.15) is 0 Å². The quantitative estimate of drug-likeness (QED) is 0.846. The van der Waals surface area contributed by atoms with Crippen molar-refractivity contribution in [2.75, 3.05) is 5.32 Å². The van der Waals surface area contributed by atoms with Gasteiger partial charge in [0.1, 0.15) is 0 Å². The number of hydrogen-bond donors (Lipinski definition) is 2. The van der Waals surface area contributed by atoms with Gasteiger partial charge < -0.3 is 11.1 Å².